The first kappa shape index (κ1) is 14.2. The quantitative estimate of drug-likeness (QED) is 0.683. The van der Waals surface area contributed by atoms with Crippen LogP contribution in [-0.4, -0.2) is 31.1 Å². The lowest BCUT2D eigenvalue weighted by Crippen LogP contribution is -2.44. The zero-order valence-electron chi connectivity index (χ0n) is 10.5. The Bertz CT molecular complexity index is 492. The average Bonchev–Trinajstić information content (AvgIpc) is 2.41. The summed E-state index contributed by atoms with van der Waals surface area (Å²) < 4.78 is 13.7. The summed E-state index contributed by atoms with van der Waals surface area (Å²) in [5.41, 5.74) is 0.237. The number of hydrogen-bond acceptors (Lipinski definition) is 4. The van der Waals surface area contributed by atoms with E-state index in [0.717, 1.165) is 25.9 Å². The Morgan fingerprint density at radius 3 is 2.89 bits per heavy atom. The third-order valence-electron chi connectivity index (χ3n) is 3.41. The van der Waals surface area contributed by atoms with Gasteiger partial charge in [0, 0.05) is 31.8 Å². The lowest BCUT2D eigenvalue weighted by atomic mass is 10.1. The summed E-state index contributed by atoms with van der Waals surface area (Å²) in [5.74, 6) is -0.490. The molecule has 0 saturated carbocycles. The van der Waals surface area contributed by atoms with Gasteiger partial charge in [0.1, 0.15) is 11.5 Å². The molecule has 0 aromatic heterocycles. The van der Waals surface area contributed by atoms with Gasteiger partial charge in [-0.05, 0) is 35.3 Å². The molecule has 1 aliphatic rings. The molecule has 1 fully saturated rings. The molecule has 5 nitrogen and oxygen atoms in total. The van der Waals surface area contributed by atoms with Crippen molar-refractivity contribution in [1.82, 2.24) is 5.32 Å². The molecule has 0 bridgehead atoms. The highest BCUT2D eigenvalue weighted by Crippen LogP contribution is 2.34. The van der Waals surface area contributed by atoms with Crippen LogP contribution in [0.25, 0.3) is 0 Å². The van der Waals surface area contributed by atoms with Crippen LogP contribution in [0.4, 0.5) is 15.8 Å². The molecule has 1 aliphatic heterocycles. The van der Waals surface area contributed by atoms with Gasteiger partial charge in [-0.1, -0.05) is 0 Å². The van der Waals surface area contributed by atoms with Crippen molar-refractivity contribution < 1.29 is 9.31 Å². The minimum absolute atomic E-state index is 0.0821. The number of anilines is 1. The van der Waals surface area contributed by atoms with E-state index in [1.165, 1.54) is 12.1 Å². The molecular formula is C12H15BrFN3O2. The maximum absolute atomic E-state index is 13.6. The van der Waals surface area contributed by atoms with Gasteiger partial charge in [-0.2, -0.15) is 0 Å². The highest BCUT2D eigenvalue weighted by molar-refractivity contribution is 9.10. The standard InChI is InChI=1S/C12H15BrFN3O2/c1-16(8-3-2-4-15-7-8)11-6-10(14)9(13)5-12(11)17(18)19/h5-6,8,15H,2-4,7H2,1H3. The van der Waals surface area contributed by atoms with Gasteiger partial charge in [-0.15, -0.1) is 0 Å². The van der Waals surface area contributed by atoms with E-state index in [1.807, 2.05) is 0 Å². The third kappa shape index (κ3) is 3.03. The summed E-state index contributed by atoms with van der Waals surface area (Å²) in [7, 11) is 1.77. The number of benzene rings is 1. The lowest BCUT2D eigenvalue weighted by Gasteiger charge is -2.33. The molecule has 1 saturated heterocycles. The number of piperidine rings is 1. The molecule has 0 amide bonds. The smallest absolute Gasteiger partial charge is 0.293 e. The van der Waals surface area contributed by atoms with Crippen LogP contribution < -0.4 is 10.2 Å². The van der Waals surface area contributed by atoms with E-state index in [2.05, 4.69) is 21.2 Å². The molecule has 1 unspecified atom stereocenters. The van der Waals surface area contributed by atoms with E-state index in [1.54, 1.807) is 11.9 Å². The van der Waals surface area contributed by atoms with E-state index in [-0.39, 0.29) is 16.2 Å². The summed E-state index contributed by atoms with van der Waals surface area (Å²) in [4.78, 5) is 12.4. The van der Waals surface area contributed by atoms with E-state index in [4.69, 9.17) is 0 Å². The highest BCUT2D eigenvalue weighted by atomic mass is 79.9. The van der Waals surface area contributed by atoms with Gasteiger partial charge < -0.3 is 10.2 Å². The van der Waals surface area contributed by atoms with Gasteiger partial charge >= 0.3 is 0 Å². The fourth-order valence-electron chi connectivity index (χ4n) is 2.32. The van der Waals surface area contributed by atoms with Crippen LogP contribution in [0.15, 0.2) is 16.6 Å². The molecular weight excluding hydrogens is 317 g/mol. The number of nitrogens with zero attached hydrogens (tertiary/aromatic N) is 2. The average molecular weight is 332 g/mol. The molecule has 1 heterocycles. The summed E-state index contributed by atoms with van der Waals surface area (Å²) in [6.45, 7) is 1.71. The van der Waals surface area contributed by atoms with Crippen molar-refractivity contribution in [2.75, 3.05) is 25.0 Å². The molecule has 2 rings (SSSR count). The summed E-state index contributed by atoms with van der Waals surface area (Å²) in [6.07, 6.45) is 1.96. The zero-order chi connectivity index (χ0) is 14.0. The molecule has 1 aromatic rings. The zero-order valence-corrected chi connectivity index (χ0v) is 12.1. The minimum atomic E-state index is -0.490. The molecule has 1 aromatic carbocycles. The van der Waals surface area contributed by atoms with Gasteiger partial charge in [0.25, 0.3) is 5.69 Å². The molecule has 0 radical (unpaired) electrons. The fourth-order valence-corrected chi connectivity index (χ4v) is 2.65. The Hall–Kier alpha value is -1.21. The summed E-state index contributed by atoms with van der Waals surface area (Å²) >= 11 is 2.98. The van der Waals surface area contributed by atoms with Crippen LogP contribution in [0.3, 0.4) is 0 Å². The van der Waals surface area contributed by atoms with Crippen LogP contribution in [-0.2, 0) is 0 Å². The normalized spacial score (nSPS) is 19.2. The summed E-state index contributed by atoms with van der Waals surface area (Å²) in [6, 6.07) is 2.59. The van der Waals surface area contributed by atoms with Crippen molar-refractivity contribution in [3.05, 3.63) is 32.5 Å². The van der Waals surface area contributed by atoms with Crippen LogP contribution in [0.1, 0.15) is 12.8 Å². The van der Waals surface area contributed by atoms with Crippen molar-refractivity contribution in [1.29, 1.82) is 0 Å². The number of nitro benzene ring substituents is 1. The van der Waals surface area contributed by atoms with Crippen molar-refractivity contribution in [3.63, 3.8) is 0 Å². The van der Waals surface area contributed by atoms with Crippen LogP contribution in [0.5, 0.6) is 0 Å². The van der Waals surface area contributed by atoms with Gasteiger partial charge in [-0.25, -0.2) is 4.39 Å². The van der Waals surface area contributed by atoms with E-state index < -0.39 is 10.7 Å². The van der Waals surface area contributed by atoms with Gasteiger partial charge in [0.2, 0.25) is 0 Å². The maximum Gasteiger partial charge on any atom is 0.293 e. The topological polar surface area (TPSA) is 58.4 Å². The summed E-state index contributed by atoms with van der Waals surface area (Å²) in [5, 5.41) is 14.3. The molecule has 0 spiro atoms. The molecule has 7 heteroatoms. The van der Waals surface area contributed by atoms with E-state index in [9.17, 15) is 14.5 Å². The van der Waals surface area contributed by atoms with Crippen molar-refractivity contribution in [2.45, 2.75) is 18.9 Å². The largest absolute Gasteiger partial charge is 0.365 e. The molecule has 19 heavy (non-hydrogen) atoms. The van der Waals surface area contributed by atoms with Crippen molar-refractivity contribution >= 4 is 27.3 Å². The SMILES string of the molecule is CN(c1cc(F)c(Br)cc1[N+](=O)[O-])C1CCCNC1. The number of likely N-dealkylation sites (N-methyl/N-ethyl adjacent to an activating group) is 1. The van der Waals surface area contributed by atoms with Crippen LogP contribution in [0, 0.1) is 15.9 Å². The predicted octanol–water partition coefficient (Wildman–Crippen LogP) is 2.68. The molecule has 0 aliphatic carbocycles. The van der Waals surface area contributed by atoms with E-state index in [0.29, 0.717) is 5.69 Å². The van der Waals surface area contributed by atoms with Crippen LogP contribution >= 0.6 is 15.9 Å². The van der Waals surface area contributed by atoms with Gasteiger partial charge in [-0.3, -0.25) is 10.1 Å². The second kappa shape index (κ2) is 5.83. The molecule has 1 N–H and O–H groups in total. The Labute approximate surface area is 119 Å². The van der Waals surface area contributed by atoms with Crippen LogP contribution in [0.2, 0.25) is 0 Å². The number of hydrogen-bond donors (Lipinski definition) is 1. The van der Waals surface area contributed by atoms with Gasteiger partial charge in [0.05, 0.1) is 9.40 Å². The fraction of sp³-hybridized carbons (Fsp3) is 0.500. The monoisotopic (exact) mass is 331 g/mol. The first-order valence-corrected chi connectivity index (χ1v) is 6.87. The second-order valence-corrected chi connectivity index (χ2v) is 5.48. The Morgan fingerprint density at radius 2 is 2.32 bits per heavy atom. The predicted molar refractivity (Wildman–Crippen MR) is 75.0 cm³/mol. The maximum atomic E-state index is 13.6. The van der Waals surface area contributed by atoms with Gasteiger partial charge in [0.15, 0.2) is 0 Å². The minimum Gasteiger partial charge on any atom is -0.365 e. The molecule has 104 valence electrons. The van der Waals surface area contributed by atoms with Crippen molar-refractivity contribution in [2.24, 2.45) is 0 Å². The second-order valence-electron chi connectivity index (χ2n) is 4.62. The first-order chi connectivity index (χ1) is 9.00. The Kier molecular flexibility index (Phi) is 4.36. The number of nitrogens with one attached hydrogen (secondary N) is 1. The van der Waals surface area contributed by atoms with E-state index >= 15 is 0 Å². The first-order valence-electron chi connectivity index (χ1n) is 6.07. The highest BCUT2D eigenvalue weighted by Gasteiger charge is 2.25. The molecule has 1 atom stereocenters. The Morgan fingerprint density at radius 1 is 1.58 bits per heavy atom. The lowest BCUT2D eigenvalue weighted by molar-refractivity contribution is -0.384. The number of nitro groups is 1. The number of halogens is 2. The number of rotatable bonds is 3. The Balaban J connectivity index is 2.36. The third-order valence-corrected chi connectivity index (χ3v) is 4.02. The van der Waals surface area contributed by atoms with Crippen molar-refractivity contribution in [3.8, 4) is 0 Å².